The van der Waals surface area contributed by atoms with Gasteiger partial charge in [-0.05, 0) is 49.8 Å². The number of amides is 1. The van der Waals surface area contributed by atoms with Crippen LogP contribution in [0.25, 0.3) is 10.9 Å². The van der Waals surface area contributed by atoms with E-state index in [9.17, 15) is 4.79 Å². The fraction of sp³-hybridized carbons (Fsp3) is 0.565. The van der Waals surface area contributed by atoms with Gasteiger partial charge in [-0.25, -0.2) is 0 Å². The molecule has 3 N–H and O–H groups in total. The van der Waals surface area contributed by atoms with Crippen molar-refractivity contribution in [1.82, 2.24) is 15.2 Å². The van der Waals surface area contributed by atoms with Crippen LogP contribution in [-0.2, 0) is 9.47 Å². The third kappa shape index (κ3) is 4.95. The van der Waals surface area contributed by atoms with E-state index in [1.807, 2.05) is 6.07 Å². The van der Waals surface area contributed by atoms with Gasteiger partial charge in [-0.15, -0.1) is 0 Å². The highest BCUT2D eigenvalue weighted by molar-refractivity contribution is 6.35. The number of piperidine rings is 1. The molecule has 7 nitrogen and oxygen atoms in total. The molecule has 1 aromatic carbocycles. The Morgan fingerprint density at radius 2 is 2.13 bits per heavy atom. The van der Waals surface area contributed by atoms with Crippen molar-refractivity contribution >= 4 is 34.1 Å². The second-order valence-corrected chi connectivity index (χ2v) is 9.05. The Labute approximate surface area is 188 Å². The summed E-state index contributed by atoms with van der Waals surface area (Å²) in [7, 11) is 1.73. The first-order valence-corrected chi connectivity index (χ1v) is 11.4. The van der Waals surface area contributed by atoms with Crippen molar-refractivity contribution in [2.24, 2.45) is 5.92 Å². The smallest absolute Gasteiger partial charge is 0.253 e. The molecule has 2 aliphatic heterocycles. The molecule has 4 rings (SSSR count). The Kier molecular flexibility index (Phi) is 6.96. The van der Waals surface area contributed by atoms with Crippen LogP contribution in [0.15, 0.2) is 24.4 Å². The Morgan fingerprint density at radius 1 is 1.39 bits per heavy atom. The van der Waals surface area contributed by atoms with Crippen molar-refractivity contribution in [2.45, 2.75) is 31.3 Å². The van der Waals surface area contributed by atoms with Crippen molar-refractivity contribution in [1.29, 1.82) is 0 Å². The maximum atomic E-state index is 13.0. The fourth-order valence-electron chi connectivity index (χ4n) is 4.64. The molecular formula is C23H31ClN4O3. The molecule has 0 atom stereocenters. The van der Waals surface area contributed by atoms with E-state index in [0.717, 1.165) is 64.4 Å². The number of aromatic nitrogens is 1. The average molecular weight is 447 g/mol. The summed E-state index contributed by atoms with van der Waals surface area (Å²) < 4.78 is 11.4. The number of nitrogens with two attached hydrogens (primary N) is 1. The van der Waals surface area contributed by atoms with E-state index in [2.05, 4.69) is 15.2 Å². The van der Waals surface area contributed by atoms with Gasteiger partial charge in [-0.2, -0.15) is 0 Å². The van der Waals surface area contributed by atoms with Crippen LogP contribution in [-0.4, -0.2) is 67.9 Å². The van der Waals surface area contributed by atoms with Crippen molar-refractivity contribution in [2.75, 3.05) is 52.2 Å². The number of nitrogen functional groups attached to an aromatic ring is 1. The first-order chi connectivity index (χ1) is 15.0. The number of carbonyl (C=O) groups is 1. The summed E-state index contributed by atoms with van der Waals surface area (Å²) in [5, 5.41) is 4.10. The molecule has 0 spiro atoms. The lowest BCUT2D eigenvalue weighted by Crippen LogP contribution is -2.52. The number of likely N-dealkylation sites (tertiary alicyclic amines) is 1. The highest BCUT2D eigenvalue weighted by atomic mass is 35.5. The molecule has 8 heteroatoms. The van der Waals surface area contributed by atoms with Gasteiger partial charge in [-0.3, -0.25) is 9.78 Å². The van der Waals surface area contributed by atoms with Gasteiger partial charge in [0.25, 0.3) is 5.91 Å². The molecular weight excluding hydrogens is 416 g/mol. The standard InChI is InChI=1S/C23H31ClN4O3/c1-30-23(6-9-28(10-7-23)14-16-4-11-31-12-5-16)15-27-22(29)18-13-19(24)20(25)17-3-2-8-26-21(17)18/h2-3,8,13,16H,4-7,9-12,14-15,25H2,1H3,(H,27,29). The molecule has 2 fully saturated rings. The molecule has 0 radical (unpaired) electrons. The van der Waals surface area contributed by atoms with Crippen LogP contribution in [0, 0.1) is 5.92 Å². The SMILES string of the molecule is COC1(CNC(=O)c2cc(Cl)c(N)c3cccnc23)CCN(CC2CCOCC2)CC1. The minimum absolute atomic E-state index is 0.216. The second kappa shape index (κ2) is 9.69. The summed E-state index contributed by atoms with van der Waals surface area (Å²) >= 11 is 6.27. The van der Waals surface area contributed by atoms with E-state index in [1.54, 1.807) is 25.4 Å². The molecule has 2 saturated heterocycles. The van der Waals surface area contributed by atoms with Crippen molar-refractivity contribution < 1.29 is 14.3 Å². The zero-order valence-corrected chi connectivity index (χ0v) is 18.8. The van der Waals surface area contributed by atoms with Crippen LogP contribution in [0.3, 0.4) is 0 Å². The van der Waals surface area contributed by atoms with Gasteiger partial charge < -0.3 is 25.4 Å². The van der Waals surface area contributed by atoms with E-state index in [4.69, 9.17) is 26.8 Å². The third-order valence-corrected chi connectivity index (χ3v) is 7.07. The Balaban J connectivity index is 1.38. The van der Waals surface area contributed by atoms with Gasteiger partial charge >= 0.3 is 0 Å². The van der Waals surface area contributed by atoms with Crippen LogP contribution in [0.1, 0.15) is 36.0 Å². The molecule has 31 heavy (non-hydrogen) atoms. The van der Waals surface area contributed by atoms with E-state index in [1.165, 1.54) is 0 Å². The maximum Gasteiger partial charge on any atom is 0.253 e. The highest BCUT2D eigenvalue weighted by Gasteiger charge is 2.36. The lowest BCUT2D eigenvalue weighted by molar-refractivity contribution is -0.0585. The summed E-state index contributed by atoms with van der Waals surface area (Å²) in [6.45, 7) is 5.27. The molecule has 2 aromatic rings. The largest absolute Gasteiger partial charge is 0.397 e. The van der Waals surface area contributed by atoms with Crippen LogP contribution in [0.2, 0.25) is 5.02 Å². The number of ether oxygens (including phenoxy) is 2. The first-order valence-electron chi connectivity index (χ1n) is 11.0. The monoisotopic (exact) mass is 446 g/mol. The van der Waals surface area contributed by atoms with Gasteiger partial charge in [-0.1, -0.05) is 11.6 Å². The minimum Gasteiger partial charge on any atom is -0.397 e. The zero-order valence-electron chi connectivity index (χ0n) is 18.0. The summed E-state index contributed by atoms with van der Waals surface area (Å²) in [6.07, 6.45) is 5.71. The number of nitrogens with zero attached hydrogens (tertiary/aromatic N) is 2. The number of benzene rings is 1. The Bertz CT molecular complexity index is 924. The average Bonchev–Trinajstić information content (AvgIpc) is 2.82. The van der Waals surface area contributed by atoms with Crippen molar-refractivity contribution in [3.05, 3.63) is 35.0 Å². The van der Waals surface area contributed by atoms with Crippen LogP contribution in [0.4, 0.5) is 5.69 Å². The summed E-state index contributed by atoms with van der Waals surface area (Å²) in [6, 6.07) is 5.20. The number of pyridine rings is 1. The molecule has 0 aliphatic carbocycles. The third-order valence-electron chi connectivity index (χ3n) is 6.75. The molecule has 1 amide bonds. The number of nitrogens with one attached hydrogen (secondary N) is 1. The van der Waals surface area contributed by atoms with E-state index in [0.29, 0.717) is 33.7 Å². The summed E-state index contributed by atoms with van der Waals surface area (Å²) in [5.74, 6) is 0.506. The lowest BCUT2D eigenvalue weighted by atomic mass is 9.89. The first kappa shape index (κ1) is 22.3. The quantitative estimate of drug-likeness (QED) is 0.663. The number of carbonyl (C=O) groups excluding carboxylic acids is 1. The van der Waals surface area contributed by atoms with Crippen LogP contribution < -0.4 is 11.1 Å². The van der Waals surface area contributed by atoms with Gasteiger partial charge in [0.15, 0.2) is 0 Å². The number of halogens is 1. The second-order valence-electron chi connectivity index (χ2n) is 8.65. The minimum atomic E-state index is -0.358. The highest BCUT2D eigenvalue weighted by Crippen LogP contribution is 2.31. The van der Waals surface area contributed by atoms with E-state index < -0.39 is 0 Å². The molecule has 168 valence electrons. The Hall–Kier alpha value is -1.93. The molecule has 2 aliphatic rings. The summed E-state index contributed by atoms with van der Waals surface area (Å²) in [5.41, 5.74) is 7.13. The normalized spacial score (nSPS) is 20.1. The Morgan fingerprint density at radius 3 is 2.84 bits per heavy atom. The van der Waals surface area contributed by atoms with Crippen LogP contribution in [0.5, 0.6) is 0 Å². The van der Waals surface area contributed by atoms with Crippen molar-refractivity contribution in [3.63, 3.8) is 0 Å². The van der Waals surface area contributed by atoms with Crippen LogP contribution >= 0.6 is 11.6 Å². The number of methoxy groups -OCH3 is 1. The molecule has 0 unspecified atom stereocenters. The van der Waals surface area contributed by atoms with Crippen molar-refractivity contribution in [3.8, 4) is 0 Å². The predicted molar refractivity (Wildman–Crippen MR) is 122 cm³/mol. The van der Waals surface area contributed by atoms with E-state index >= 15 is 0 Å². The van der Waals surface area contributed by atoms with Gasteiger partial charge in [0.05, 0.1) is 27.4 Å². The topological polar surface area (TPSA) is 89.7 Å². The number of hydrogen-bond acceptors (Lipinski definition) is 6. The zero-order chi connectivity index (χ0) is 21.8. The lowest BCUT2D eigenvalue weighted by Gasteiger charge is -2.42. The van der Waals surface area contributed by atoms with E-state index in [-0.39, 0.29) is 11.5 Å². The molecule has 0 bridgehead atoms. The number of fused-ring (bicyclic) bond motifs is 1. The van der Waals surface area contributed by atoms with Gasteiger partial charge in [0, 0.05) is 58.1 Å². The number of hydrogen-bond donors (Lipinski definition) is 2. The predicted octanol–water partition coefficient (Wildman–Crippen LogP) is 3.11. The number of anilines is 1. The number of rotatable bonds is 6. The maximum absolute atomic E-state index is 13.0. The summed E-state index contributed by atoms with van der Waals surface area (Å²) in [4.78, 5) is 19.9. The molecule has 0 saturated carbocycles. The van der Waals surface area contributed by atoms with Gasteiger partial charge in [0.1, 0.15) is 0 Å². The fourth-order valence-corrected chi connectivity index (χ4v) is 4.85. The molecule has 3 heterocycles. The molecule has 1 aromatic heterocycles. The van der Waals surface area contributed by atoms with Gasteiger partial charge in [0.2, 0.25) is 0 Å².